The standard InChI is InChI=1S/C20H22N6O2/c1-11-7-12(2)10-26(9-11)20-24-17-16(19(28)25-20)15(13(8-21)18(27)23-17)14-5-3-4-6-22-14/h3-6,11-13,15H,7,9-10H2,1-2H3,(H2,23,24,25,27,28). The average Bonchev–Trinajstić information content (AvgIpc) is 2.66. The molecule has 2 aliphatic heterocycles. The van der Waals surface area contributed by atoms with Gasteiger partial charge in [0.1, 0.15) is 11.7 Å². The molecular formula is C20H22N6O2. The Bertz CT molecular complexity index is 986. The van der Waals surface area contributed by atoms with Gasteiger partial charge in [0.15, 0.2) is 0 Å². The van der Waals surface area contributed by atoms with Gasteiger partial charge in [0.2, 0.25) is 11.9 Å². The maximum atomic E-state index is 13.0. The van der Waals surface area contributed by atoms with E-state index in [0.29, 0.717) is 23.5 Å². The lowest BCUT2D eigenvalue weighted by Crippen LogP contribution is -2.43. The number of aromatic amines is 1. The largest absolute Gasteiger partial charge is 0.342 e. The zero-order valence-corrected chi connectivity index (χ0v) is 15.8. The first-order chi connectivity index (χ1) is 13.5. The van der Waals surface area contributed by atoms with Crippen molar-refractivity contribution >= 4 is 17.7 Å². The van der Waals surface area contributed by atoms with Gasteiger partial charge >= 0.3 is 0 Å². The van der Waals surface area contributed by atoms with Crippen LogP contribution >= 0.6 is 0 Å². The van der Waals surface area contributed by atoms with Gasteiger partial charge in [-0.3, -0.25) is 19.6 Å². The van der Waals surface area contributed by atoms with E-state index >= 15 is 0 Å². The highest BCUT2D eigenvalue weighted by Crippen LogP contribution is 2.37. The Labute approximate surface area is 162 Å². The second-order valence-electron chi connectivity index (χ2n) is 7.83. The van der Waals surface area contributed by atoms with Gasteiger partial charge in [-0.25, -0.2) is 0 Å². The molecule has 2 aromatic rings. The Hall–Kier alpha value is -3.21. The number of nitriles is 1. The van der Waals surface area contributed by atoms with Crippen LogP contribution in [0.15, 0.2) is 29.2 Å². The minimum absolute atomic E-state index is 0.219. The number of anilines is 2. The molecule has 4 unspecified atom stereocenters. The van der Waals surface area contributed by atoms with E-state index in [1.54, 1.807) is 24.4 Å². The SMILES string of the molecule is CC1CC(C)CN(c2nc3c(c(=O)[nH]2)C(c2ccccn2)C(C#N)C(=O)N3)C1. The monoisotopic (exact) mass is 378 g/mol. The molecular weight excluding hydrogens is 356 g/mol. The first kappa shape index (κ1) is 18.2. The third-order valence-electron chi connectivity index (χ3n) is 5.43. The van der Waals surface area contributed by atoms with Gasteiger partial charge in [-0.1, -0.05) is 19.9 Å². The Morgan fingerprint density at radius 2 is 1.96 bits per heavy atom. The molecule has 0 saturated carbocycles. The van der Waals surface area contributed by atoms with Crippen molar-refractivity contribution in [3.05, 3.63) is 46.0 Å². The Balaban J connectivity index is 1.81. The quantitative estimate of drug-likeness (QED) is 0.824. The third-order valence-corrected chi connectivity index (χ3v) is 5.43. The van der Waals surface area contributed by atoms with Crippen LogP contribution in [0.1, 0.15) is 37.4 Å². The predicted molar refractivity (Wildman–Crippen MR) is 104 cm³/mol. The molecule has 1 saturated heterocycles. The lowest BCUT2D eigenvalue weighted by atomic mass is 9.81. The molecule has 4 heterocycles. The van der Waals surface area contributed by atoms with Gasteiger partial charge in [-0.2, -0.15) is 10.2 Å². The van der Waals surface area contributed by atoms with E-state index in [4.69, 9.17) is 0 Å². The lowest BCUT2D eigenvalue weighted by molar-refractivity contribution is -0.119. The molecule has 0 spiro atoms. The predicted octanol–water partition coefficient (Wildman–Crippen LogP) is 1.87. The topological polar surface area (TPSA) is 115 Å². The fourth-order valence-corrected chi connectivity index (χ4v) is 4.36. The van der Waals surface area contributed by atoms with Gasteiger partial charge in [-0.15, -0.1) is 0 Å². The first-order valence-corrected chi connectivity index (χ1v) is 9.48. The summed E-state index contributed by atoms with van der Waals surface area (Å²) in [6, 6.07) is 7.26. The molecule has 0 aliphatic carbocycles. The molecule has 144 valence electrons. The van der Waals surface area contributed by atoms with Crippen LogP contribution in [-0.4, -0.2) is 33.9 Å². The average molecular weight is 378 g/mol. The summed E-state index contributed by atoms with van der Waals surface area (Å²) in [4.78, 5) is 39.4. The minimum atomic E-state index is -1.04. The Kier molecular flexibility index (Phi) is 4.59. The summed E-state index contributed by atoms with van der Waals surface area (Å²) in [6.45, 7) is 5.94. The van der Waals surface area contributed by atoms with Gasteiger partial charge in [0.05, 0.1) is 23.2 Å². The number of nitrogens with zero attached hydrogens (tertiary/aromatic N) is 4. The number of aromatic nitrogens is 3. The summed E-state index contributed by atoms with van der Waals surface area (Å²) in [7, 11) is 0. The van der Waals surface area contributed by atoms with Crippen molar-refractivity contribution in [2.24, 2.45) is 17.8 Å². The van der Waals surface area contributed by atoms with Gasteiger partial charge < -0.3 is 10.2 Å². The van der Waals surface area contributed by atoms with E-state index in [-0.39, 0.29) is 16.9 Å². The van der Waals surface area contributed by atoms with Crippen molar-refractivity contribution in [2.45, 2.75) is 26.2 Å². The van der Waals surface area contributed by atoms with Crippen molar-refractivity contribution in [1.29, 1.82) is 5.26 Å². The fraction of sp³-hybridized carbons (Fsp3) is 0.450. The number of piperidine rings is 1. The molecule has 1 amide bonds. The second kappa shape index (κ2) is 7.08. The minimum Gasteiger partial charge on any atom is -0.342 e. The zero-order valence-electron chi connectivity index (χ0n) is 15.8. The summed E-state index contributed by atoms with van der Waals surface area (Å²) in [5.41, 5.74) is 0.443. The number of hydrogen-bond acceptors (Lipinski definition) is 6. The lowest BCUT2D eigenvalue weighted by Gasteiger charge is -2.36. The molecule has 2 N–H and O–H groups in total. The van der Waals surface area contributed by atoms with Gasteiger partial charge in [-0.05, 0) is 30.4 Å². The maximum Gasteiger partial charge on any atom is 0.258 e. The molecule has 0 aromatic carbocycles. The van der Waals surface area contributed by atoms with Crippen molar-refractivity contribution in [1.82, 2.24) is 15.0 Å². The van der Waals surface area contributed by atoms with Crippen molar-refractivity contribution < 1.29 is 4.79 Å². The molecule has 28 heavy (non-hydrogen) atoms. The molecule has 0 radical (unpaired) electrons. The number of carbonyl (C=O) groups is 1. The van der Waals surface area contributed by atoms with Crippen LogP contribution in [0.5, 0.6) is 0 Å². The number of rotatable bonds is 2. The number of carbonyl (C=O) groups excluding carboxylic acids is 1. The van der Waals surface area contributed by atoms with Crippen LogP contribution in [0.4, 0.5) is 11.8 Å². The van der Waals surface area contributed by atoms with Crippen molar-refractivity contribution in [2.75, 3.05) is 23.3 Å². The van der Waals surface area contributed by atoms with Crippen LogP contribution in [0.2, 0.25) is 0 Å². The van der Waals surface area contributed by atoms with Crippen molar-refractivity contribution in [3.63, 3.8) is 0 Å². The first-order valence-electron chi connectivity index (χ1n) is 9.48. The molecule has 8 heteroatoms. The van der Waals surface area contributed by atoms with E-state index in [9.17, 15) is 14.9 Å². The number of pyridine rings is 1. The smallest absolute Gasteiger partial charge is 0.258 e. The Morgan fingerprint density at radius 1 is 1.21 bits per heavy atom. The summed E-state index contributed by atoms with van der Waals surface area (Å²) in [5, 5.41) is 12.2. The number of nitrogens with one attached hydrogen (secondary N) is 2. The molecule has 2 aliphatic rings. The molecule has 4 atom stereocenters. The third kappa shape index (κ3) is 3.13. The summed E-state index contributed by atoms with van der Waals surface area (Å²) >= 11 is 0. The number of hydrogen-bond donors (Lipinski definition) is 2. The van der Waals surface area contributed by atoms with Crippen LogP contribution in [0.3, 0.4) is 0 Å². The number of amides is 1. The second-order valence-corrected chi connectivity index (χ2v) is 7.83. The number of H-pyrrole nitrogens is 1. The van der Waals surface area contributed by atoms with Crippen LogP contribution in [0, 0.1) is 29.1 Å². The molecule has 4 rings (SSSR count). The zero-order chi connectivity index (χ0) is 19.8. The summed E-state index contributed by atoms with van der Waals surface area (Å²) < 4.78 is 0. The Morgan fingerprint density at radius 3 is 2.61 bits per heavy atom. The van der Waals surface area contributed by atoms with Crippen LogP contribution < -0.4 is 15.8 Å². The normalized spacial score (nSPS) is 26.9. The van der Waals surface area contributed by atoms with E-state index < -0.39 is 17.7 Å². The van der Waals surface area contributed by atoms with Crippen LogP contribution in [-0.2, 0) is 4.79 Å². The fourth-order valence-electron chi connectivity index (χ4n) is 4.36. The molecule has 1 fully saturated rings. The summed E-state index contributed by atoms with van der Waals surface area (Å²) in [5.74, 6) is -0.594. The molecule has 0 bridgehead atoms. The molecule has 2 aromatic heterocycles. The maximum absolute atomic E-state index is 13.0. The van der Waals surface area contributed by atoms with E-state index in [2.05, 4.69) is 39.0 Å². The van der Waals surface area contributed by atoms with Gasteiger partial charge in [0, 0.05) is 19.3 Å². The highest BCUT2D eigenvalue weighted by atomic mass is 16.2. The van der Waals surface area contributed by atoms with E-state index in [1.807, 2.05) is 6.07 Å². The van der Waals surface area contributed by atoms with Gasteiger partial charge in [0.25, 0.3) is 5.56 Å². The summed E-state index contributed by atoms with van der Waals surface area (Å²) in [6.07, 6.45) is 2.72. The van der Waals surface area contributed by atoms with E-state index in [1.165, 1.54) is 0 Å². The highest BCUT2D eigenvalue weighted by molar-refractivity contribution is 5.97. The van der Waals surface area contributed by atoms with Crippen LogP contribution in [0.25, 0.3) is 0 Å². The molecule has 8 nitrogen and oxygen atoms in total. The van der Waals surface area contributed by atoms with Crippen molar-refractivity contribution in [3.8, 4) is 6.07 Å². The van der Waals surface area contributed by atoms with E-state index in [0.717, 1.165) is 19.5 Å². The number of fused-ring (bicyclic) bond motifs is 1. The highest BCUT2D eigenvalue weighted by Gasteiger charge is 2.41.